The number of alkyl halides is 1. The second-order valence-electron chi connectivity index (χ2n) is 3.67. The highest BCUT2D eigenvalue weighted by atomic mass is 127. The van der Waals surface area contributed by atoms with E-state index in [2.05, 4.69) is 4.74 Å². The molecule has 0 aromatic heterocycles. The van der Waals surface area contributed by atoms with Gasteiger partial charge in [-0.15, -0.1) is 0 Å². The number of ether oxygens (including phenoxy) is 1. The maximum atomic E-state index is 12.1. The molecule has 1 amide bonds. The van der Waals surface area contributed by atoms with Crippen molar-refractivity contribution in [3.63, 3.8) is 0 Å². The Morgan fingerprint density at radius 1 is 1.37 bits per heavy atom. The molecule has 1 atom stereocenters. The molecule has 0 aliphatic rings. The largest absolute Gasteiger partial charge is 0.467 e. The second-order valence-corrected chi connectivity index (χ2v) is 5.24. The third kappa shape index (κ3) is 3.73. The number of methoxy groups -OCH3 is 1. The van der Waals surface area contributed by atoms with Crippen LogP contribution in [0.2, 0.25) is 10.0 Å². The quantitative estimate of drug-likeness (QED) is 0.430. The van der Waals surface area contributed by atoms with E-state index in [4.69, 9.17) is 23.2 Å². The van der Waals surface area contributed by atoms with E-state index in [9.17, 15) is 9.59 Å². The van der Waals surface area contributed by atoms with Crippen LogP contribution in [-0.4, -0.2) is 29.5 Å². The number of anilines is 1. The first-order valence-corrected chi connectivity index (χ1v) is 7.62. The monoisotopic (exact) mass is 415 g/mol. The van der Waals surface area contributed by atoms with Gasteiger partial charge in [0.2, 0.25) is 5.91 Å². The van der Waals surface area contributed by atoms with Crippen LogP contribution in [-0.2, 0) is 14.3 Å². The third-order valence-electron chi connectivity index (χ3n) is 2.49. The number of hydrogen-bond donors (Lipinski definition) is 0. The number of para-hydroxylation sites is 1. The van der Waals surface area contributed by atoms with E-state index in [0.29, 0.717) is 15.7 Å². The van der Waals surface area contributed by atoms with Crippen LogP contribution in [0.3, 0.4) is 0 Å². The average molecular weight is 416 g/mol. The van der Waals surface area contributed by atoms with Crippen molar-refractivity contribution in [2.24, 2.45) is 0 Å². The molecular weight excluding hydrogens is 404 g/mol. The molecule has 0 saturated carbocycles. The Balaban J connectivity index is 3.32. The summed E-state index contributed by atoms with van der Waals surface area (Å²) in [4.78, 5) is 25.0. The van der Waals surface area contributed by atoms with Crippen molar-refractivity contribution >= 4 is 63.4 Å². The van der Waals surface area contributed by atoms with Gasteiger partial charge in [-0.3, -0.25) is 9.69 Å². The van der Waals surface area contributed by atoms with Crippen LogP contribution in [0.4, 0.5) is 5.69 Å². The fourth-order valence-electron chi connectivity index (χ4n) is 1.59. The molecule has 1 aromatic rings. The zero-order chi connectivity index (χ0) is 14.6. The molecule has 0 heterocycles. The molecule has 104 valence electrons. The first-order valence-electron chi connectivity index (χ1n) is 5.33. The Kier molecular flexibility index (Phi) is 6.35. The number of amides is 1. The maximum Gasteiger partial charge on any atom is 0.328 e. The lowest BCUT2D eigenvalue weighted by Gasteiger charge is -2.28. The number of esters is 1. The number of carbonyl (C=O) groups excluding carboxylic acids is 2. The predicted octanol–water partition coefficient (Wildman–Crippen LogP) is 3.32. The molecular formula is C12H12Cl2INO3. The van der Waals surface area contributed by atoms with E-state index in [1.165, 1.54) is 12.0 Å². The van der Waals surface area contributed by atoms with Gasteiger partial charge in [-0.05, 0) is 19.1 Å². The van der Waals surface area contributed by atoms with Crippen LogP contribution in [0.5, 0.6) is 0 Å². The van der Waals surface area contributed by atoms with Gasteiger partial charge in [-0.2, -0.15) is 0 Å². The maximum absolute atomic E-state index is 12.1. The molecule has 7 heteroatoms. The third-order valence-corrected chi connectivity index (χ3v) is 3.75. The van der Waals surface area contributed by atoms with Crippen molar-refractivity contribution in [1.82, 2.24) is 0 Å². The van der Waals surface area contributed by atoms with E-state index in [0.717, 1.165) is 0 Å². The van der Waals surface area contributed by atoms with Crippen LogP contribution >= 0.6 is 45.8 Å². The van der Waals surface area contributed by atoms with Crippen LogP contribution in [0, 0.1) is 0 Å². The molecule has 1 rings (SSSR count). The molecule has 0 radical (unpaired) electrons. The topological polar surface area (TPSA) is 46.6 Å². The first kappa shape index (κ1) is 16.5. The number of halogens is 3. The SMILES string of the molecule is COC(=O)C(C)N(C(=O)CI)c1c(Cl)cccc1Cl. The molecule has 0 N–H and O–H groups in total. The molecule has 0 bridgehead atoms. The van der Waals surface area contributed by atoms with E-state index >= 15 is 0 Å². The van der Waals surface area contributed by atoms with Crippen LogP contribution in [0.15, 0.2) is 18.2 Å². The smallest absolute Gasteiger partial charge is 0.328 e. The lowest BCUT2D eigenvalue weighted by atomic mass is 10.2. The van der Waals surface area contributed by atoms with Crippen molar-refractivity contribution < 1.29 is 14.3 Å². The highest BCUT2D eigenvalue weighted by molar-refractivity contribution is 14.1. The Morgan fingerprint density at radius 3 is 2.32 bits per heavy atom. The van der Waals surface area contributed by atoms with Crippen molar-refractivity contribution in [2.45, 2.75) is 13.0 Å². The lowest BCUT2D eigenvalue weighted by Crippen LogP contribution is -2.45. The minimum atomic E-state index is -0.801. The van der Waals surface area contributed by atoms with E-state index in [-0.39, 0.29) is 10.3 Å². The Morgan fingerprint density at radius 2 is 1.89 bits per heavy atom. The summed E-state index contributed by atoms with van der Waals surface area (Å²) in [5.74, 6) is -0.803. The average Bonchev–Trinajstić information content (AvgIpc) is 2.40. The standard InChI is InChI=1S/C12H12Cl2INO3/c1-7(12(18)19-2)16(10(17)6-15)11-8(13)4-3-5-9(11)14/h3-5,7H,6H2,1-2H3. The summed E-state index contributed by atoms with van der Waals surface area (Å²) in [5.41, 5.74) is 0.324. The van der Waals surface area contributed by atoms with E-state index in [1.807, 2.05) is 22.6 Å². The highest BCUT2D eigenvalue weighted by Crippen LogP contribution is 2.35. The van der Waals surface area contributed by atoms with Crippen molar-refractivity contribution in [2.75, 3.05) is 16.4 Å². The molecule has 0 fully saturated rings. The Hall–Kier alpha value is -0.530. The molecule has 19 heavy (non-hydrogen) atoms. The van der Waals surface area contributed by atoms with Crippen molar-refractivity contribution in [3.05, 3.63) is 28.2 Å². The van der Waals surface area contributed by atoms with Gasteiger partial charge in [-0.1, -0.05) is 51.9 Å². The highest BCUT2D eigenvalue weighted by Gasteiger charge is 2.30. The lowest BCUT2D eigenvalue weighted by molar-refractivity contribution is -0.142. The number of nitrogens with zero attached hydrogens (tertiary/aromatic N) is 1. The minimum absolute atomic E-state index is 0.195. The fraction of sp³-hybridized carbons (Fsp3) is 0.333. The van der Waals surface area contributed by atoms with Gasteiger partial charge >= 0.3 is 5.97 Å². The molecule has 0 spiro atoms. The van der Waals surface area contributed by atoms with Gasteiger partial charge in [0.25, 0.3) is 0 Å². The normalized spacial score (nSPS) is 11.8. The summed E-state index contributed by atoms with van der Waals surface area (Å²) in [6.07, 6.45) is 0. The summed E-state index contributed by atoms with van der Waals surface area (Å²) < 4.78 is 4.86. The van der Waals surface area contributed by atoms with Gasteiger partial charge in [0.15, 0.2) is 0 Å². The number of hydrogen-bond acceptors (Lipinski definition) is 3. The summed E-state index contributed by atoms with van der Waals surface area (Å²) in [7, 11) is 1.26. The molecule has 0 aliphatic heterocycles. The Labute approximate surface area is 135 Å². The summed E-state index contributed by atoms with van der Waals surface area (Å²) in [5, 5.41) is 0.614. The number of rotatable bonds is 4. The zero-order valence-corrected chi connectivity index (χ0v) is 14.0. The molecule has 1 aromatic carbocycles. The summed E-state index contributed by atoms with van der Waals surface area (Å²) in [6, 6.07) is 4.09. The van der Waals surface area contributed by atoms with Crippen LogP contribution in [0.25, 0.3) is 0 Å². The van der Waals surface area contributed by atoms with E-state index in [1.54, 1.807) is 25.1 Å². The summed E-state index contributed by atoms with van der Waals surface area (Å²) in [6.45, 7) is 1.57. The molecule has 4 nitrogen and oxygen atoms in total. The van der Waals surface area contributed by atoms with Gasteiger partial charge in [0, 0.05) is 0 Å². The zero-order valence-electron chi connectivity index (χ0n) is 10.3. The van der Waals surface area contributed by atoms with Gasteiger partial charge in [0.05, 0.1) is 27.3 Å². The van der Waals surface area contributed by atoms with Gasteiger partial charge < -0.3 is 4.74 Å². The van der Waals surface area contributed by atoms with Crippen LogP contribution < -0.4 is 4.90 Å². The fourth-order valence-corrected chi connectivity index (χ4v) is 2.54. The molecule has 0 aliphatic carbocycles. The van der Waals surface area contributed by atoms with Crippen molar-refractivity contribution in [1.29, 1.82) is 0 Å². The van der Waals surface area contributed by atoms with Gasteiger partial charge in [0.1, 0.15) is 6.04 Å². The van der Waals surface area contributed by atoms with E-state index < -0.39 is 12.0 Å². The molecule has 0 saturated heterocycles. The first-order chi connectivity index (χ1) is 8.93. The Bertz CT molecular complexity index is 476. The second kappa shape index (κ2) is 7.31. The predicted molar refractivity (Wildman–Crippen MR) is 84.3 cm³/mol. The molecule has 1 unspecified atom stereocenters. The van der Waals surface area contributed by atoms with Gasteiger partial charge in [-0.25, -0.2) is 4.79 Å². The van der Waals surface area contributed by atoms with Crippen molar-refractivity contribution in [3.8, 4) is 0 Å². The summed E-state index contributed by atoms with van der Waals surface area (Å²) >= 11 is 14.1. The number of carbonyl (C=O) groups is 2. The van der Waals surface area contributed by atoms with Crippen LogP contribution in [0.1, 0.15) is 6.92 Å². The number of benzene rings is 1. The minimum Gasteiger partial charge on any atom is -0.467 e.